The van der Waals surface area contributed by atoms with Crippen LogP contribution in [-0.2, 0) is 6.54 Å². The molecule has 110 valence electrons. The number of hydrogen-bond acceptors (Lipinski definition) is 3. The topological polar surface area (TPSA) is 38.5 Å². The van der Waals surface area contributed by atoms with Gasteiger partial charge < -0.3 is 15.4 Å². The minimum Gasteiger partial charge on any atom is -0.497 e. The van der Waals surface area contributed by atoms with E-state index >= 15 is 0 Å². The second-order valence-electron chi connectivity index (χ2n) is 4.73. The zero-order valence-corrected chi connectivity index (χ0v) is 13.5. The molecular formula is C16H17ClN2OS. The number of thiocarbonyl (C=S) groups is 1. The first-order chi connectivity index (χ1) is 10.0. The van der Waals surface area contributed by atoms with Crippen molar-refractivity contribution in [2.24, 2.45) is 5.73 Å². The van der Waals surface area contributed by atoms with Crippen molar-refractivity contribution >= 4 is 34.5 Å². The lowest BCUT2D eigenvalue weighted by Gasteiger charge is -2.22. The van der Waals surface area contributed by atoms with Crippen LogP contribution in [0.5, 0.6) is 5.75 Å². The molecule has 0 aromatic heterocycles. The zero-order valence-electron chi connectivity index (χ0n) is 12.0. The van der Waals surface area contributed by atoms with Crippen LogP contribution in [0.25, 0.3) is 0 Å². The van der Waals surface area contributed by atoms with Crippen LogP contribution in [0.15, 0.2) is 42.5 Å². The third kappa shape index (κ3) is 3.86. The van der Waals surface area contributed by atoms with Crippen molar-refractivity contribution in [3.8, 4) is 5.75 Å². The molecule has 2 aromatic carbocycles. The molecule has 0 saturated heterocycles. The molecule has 3 nitrogen and oxygen atoms in total. The van der Waals surface area contributed by atoms with Crippen molar-refractivity contribution in [2.45, 2.75) is 6.54 Å². The lowest BCUT2D eigenvalue weighted by molar-refractivity contribution is 0.414. The first-order valence-electron chi connectivity index (χ1n) is 6.44. The standard InChI is InChI=1S/C16H17ClN2OS/c1-19(10-11-3-6-13(20-2)7-4-11)15-8-5-12(17)9-14(15)16(18)21/h3-9H,10H2,1-2H3,(H2,18,21). The molecule has 0 saturated carbocycles. The molecule has 0 aliphatic heterocycles. The Morgan fingerprint density at radius 2 is 1.90 bits per heavy atom. The van der Waals surface area contributed by atoms with Gasteiger partial charge in [-0.05, 0) is 35.9 Å². The summed E-state index contributed by atoms with van der Waals surface area (Å²) in [5, 5.41) is 0.624. The number of nitrogens with zero attached hydrogens (tertiary/aromatic N) is 1. The van der Waals surface area contributed by atoms with Gasteiger partial charge in [0.25, 0.3) is 0 Å². The highest BCUT2D eigenvalue weighted by atomic mass is 35.5. The fourth-order valence-corrected chi connectivity index (χ4v) is 2.46. The van der Waals surface area contributed by atoms with E-state index in [1.54, 1.807) is 13.2 Å². The quantitative estimate of drug-likeness (QED) is 0.854. The van der Waals surface area contributed by atoms with Crippen LogP contribution in [0.4, 0.5) is 5.69 Å². The monoisotopic (exact) mass is 320 g/mol. The van der Waals surface area contributed by atoms with Crippen molar-refractivity contribution in [3.63, 3.8) is 0 Å². The minimum atomic E-state index is 0.342. The number of methoxy groups -OCH3 is 1. The molecule has 21 heavy (non-hydrogen) atoms. The van der Waals surface area contributed by atoms with Crippen molar-refractivity contribution in [3.05, 3.63) is 58.6 Å². The molecule has 0 bridgehead atoms. The van der Waals surface area contributed by atoms with Gasteiger partial charge in [-0.1, -0.05) is 36.0 Å². The van der Waals surface area contributed by atoms with Gasteiger partial charge in [-0.2, -0.15) is 0 Å². The molecule has 0 spiro atoms. The first-order valence-corrected chi connectivity index (χ1v) is 7.23. The maximum absolute atomic E-state index is 6.01. The summed E-state index contributed by atoms with van der Waals surface area (Å²) in [5.41, 5.74) is 8.70. The smallest absolute Gasteiger partial charge is 0.118 e. The molecular weight excluding hydrogens is 304 g/mol. The summed E-state index contributed by atoms with van der Waals surface area (Å²) in [5.74, 6) is 0.844. The van der Waals surface area contributed by atoms with Crippen molar-refractivity contribution in [2.75, 3.05) is 19.1 Å². The number of rotatable bonds is 5. The van der Waals surface area contributed by atoms with Crippen LogP contribution in [0.3, 0.4) is 0 Å². The fraction of sp³-hybridized carbons (Fsp3) is 0.188. The molecule has 0 amide bonds. The molecule has 0 fully saturated rings. The maximum Gasteiger partial charge on any atom is 0.118 e. The van der Waals surface area contributed by atoms with E-state index in [9.17, 15) is 0 Å². The van der Waals surface area contributed by atoms with Crippen LogP contribution in [0.2, 0.25) is 5.02 Å². The number of nitrogens with two attached hydrogens (primary N) is 1. The third-order valence-electron chi connectivity index (χ3n) is 3.21. The number of benzene rings is 2. The second-order valence-corrected chi connectivity index (χ2v) is 5.61. The van der Waals surface area contributed by atoms with Gasteiger partial charge in [0.1, 0.15) is 10.7 Å². The van der Waals surface area contributed by atoms with Gasteiger partial charge in [0.15, 0.2) is 0 Å². The predicted molar refractivity (Wildman–Crippen MR) is 92.4 cm³/mol. The normalized spacial score (nSPS) is 10.2. The summed E-state index contributed by atoms with van der Waals surface area (Å²) >= 11 is 11.1. The predicted octanol–water partition coefficient (Wildman–Crippen LogP) is 3.62. The zero-order chi connectivity index (χ0) is 15.4. The van der Waals surface area contributed by atoms with Gasteiger partial charge in [0.2, 0.25) is 0 Å². The molecule has 0 unspecified atom stereocenters. The summed E-state index contributed by atoms with van der Waals surface area (Å²) in [4.78, 5) is 2.43. The van der Waals surface area contributed by atoms with Crippen LogP contribution in [0.1, 0.15) is 11.1 Å². The Balaban J connectivity index is 2.23. The summed E-state index contributed by atoms with van der Waals surface area (Å²) in [6.07, 6.45) is 0. The van der Waals surface area contributed by atoms with Gasteiger partial charge in [-0.3, -0.25) is 0 Å². The van der Waals surface area contributed by atoms with Crippen molar-refractivity contribution < 1.29 is 4.74 Å². The van der Waals surface area contributed by atoms with E-state index in [1.807, 2.05) is 43.4 Å². The van der Waals surface area contributed by atoms with Gasteiger partial charge >= 0.3 is 0 Å². The molecule has 2 N–H and O–H groups in total. The van der Waals surface area contributed by atoms with Gasteiger partial charge in [-0.15, -0.1) is 0 Å². The molecule has 0 radical (unpaired) electrons. The van der Waals surface area contributed by atoms with Crippen LogP contribution < -0.4 is 15.4 Å². The van der Waals surface area contributed by atoms with E-state index in [0.717, 1.165) is 23.5 Å². The second kappa shape index (κ2) is 6.78. The van der Waals surface area contributed by atoms with Gasteiger partial charge in [0.05, 0.1) is 7.11 Å². The van der Waals surface area contributed by atoms with E-state index in [1.165, 1.54) is 5.56 Å². The van der Waals surface area contributed by atoms with E-state index in [0.29, 0.717) is 10.0 Å². The van der Waals surface area contributed by atoms with E-state index < -0.39 is 0 Å². The SMILES string of the molecule is COc1ccc(CN(C)c2ccc(Cl)cc2C(N)=S)cc1. The molecule has 2 aromatic rings. The minimum absolute atomic E-state index is 0.342. The highest BCUT2D eigenvalue weighted by Crippen LogP contribution is 2.25. The van der Waals surface area contributed by atoms with Crippen LogP contribution in [-0.4, -0.2) is 19.1 Å². The van der Waals surface area contributed by atoms with Gasteiger partial charge in [-0.25, -0.2) is 0 Å². The Labute approximate surface area is 135 Å². The molecule has 0 heterocycles. The summed E-state index contributed by atoms with van der Waals surface area (Å²) < 4.78 is 5.16. The summed E-state index contributed by atoms with van der Waals surface area (Å²) in [6.45, 7) is 0.737. The van der Waals surface area contributed by atoms with Crippen LogP contribution in [0, 0.1) is 0 Å². The lowest BCUT2D eigenvalue weighted by Crippen LogP contribution is -2.21. The van der Waals surface area contributed by atoms with Crippen molar-refractivity contribution in [1.82, 2.24) is 0 Å². The van der Waals surface area contributed by atoms with Crippen LogP contribution >= 0.6 is 23.8 Å². The Kier molecular flexibility index (Phi) is 5.04. The Morgan fingerprint density at radius 1 is 1.24 bits per heavy atom. The number of ether oxygens (including phenoxy) is 1. The number of halogens is 1. The van der Waals surface area contributed by atoms with Crippen molar-refractivity contribution in [1.29, 1.82) is 0 Å². The average molecular weight is 321 g/mol. The lowest BCUT2D eigenvalue weighted by atomic mass is 10.1. The summed E-state index contributed by atoms with van der Waals surface area (Å²) in [6, 6.07) is 13.5. The van der Waals surface area contributed by atoms with Gasteiger partial charge in [0, 0.05) is 29.9 Å². The number of anilines is 1. The Hall–Kier alpha value is -1.78. The van der Waals surface area contributed by atoms with E-state index in [4.69, 9.17) is 34.3 Å². The van der Waals surface area contributed by atoms with E-state index in [2.05, 4.69) is 4.90 Å². The summed E-state index contributed by atoms with van der Waals surface area (Å²) in [7, 11) is 3.65. The highest BCUT2D eigenvalue weighted by molar-refractivity contribution is 7.80. The molecule has 0 aliphatic carbocycles. The molecule has 5 heteroatoms. The molecule has 2 rings (SSSR count). The highest BCUT2D eigenvalue weighted by Gasteiger charge is 2.11. The molecule has 0 atom stereocenters. The van der Waals surface area contributed by atoms with E-state index in [-0.39, 0.29) is 0 Å². The third-order valence-corrected chi connectivity index (χ3v) is 3.67. The maximum atomic E-state index is 6.01. The Morgan fingerprint density at radius 3 is 2.48 bits per heavy atom. The molecule has 0 aliphatic rings. The fourth-order valence-electron chi connectivity index (χ4n) is 2.13. The number of hydrogen-bond donors (Lipinski definition) is 1. The first kappa shape index (κ1) is 15.6. The largest absolute Gasteiger partial charge is 0.497 e. The Bertz CT molecular complexity index is 643. The average Bonchev–Trinajstić information content (AvgIpc) is 2.47.